The number of rotatable bonds is 6. The summed E-state index contributed by atoms with van der Waals surface area (Å²) in [5.74, 6) is 0. The number of nitrogens with one attached hydrogen (secondary N) is 1. The highest BCUT2D eigenvalue weighted by molar-refractivity contribution is 7.90. The Morgan fingerprint density at radius 3 is 2.37 bits per heavy atom. The molecule has 0 spiro atoms. The highest BCUT2D eigenvalue weighted by Gasteiger charge is 2.18. The van der Waals surface area contributed by atoms with Crippen molar-refractivity contribution in [2.24, 2.45) is 5.14 Å². The molecule has 0 aromatic heterocycles. The summed E-state index contributed by atoms with van der Waals surface area (Å²) in [4.78, 5) is -0.506. The van der Waals surface area contributed by atoms with Crippen molar-refractivity contribution < 1.29 is 21.9 Å². The third-order valence-corrected chi connectivity index (χ3v) is 4.76. The fourth-order valence-electron chi connectivity index (χ4n) is 1.25. The lowest BCUT2D eigenvalue weighted by Crippen LogP contribution is -2.31. The van der Waals surface area contributed by atoms with Crippen LogP contribution < -0.4 is 9.86 Å². The van der Waals surface area contributed by atoms with Crippen LogP contribution in [0.4, 0.5) is 0 Å². The maximum atomic E-state index is 11.9. The Hall–Kier alpha value is -1.00. The van der Waals surface area contributed by atoms with E-state index in [2.05, 4.69) is 4.72 Å². The van der Waals surface area contributed by atoms with Crippen LogP contribution in [0.2, 0.25) is 0 Å². The van der Waals surface area contributed by atoms with Crippen LogP contribution in [0, 0.1) is 0 Å². The van der Waals surface area contributed by atoms with Gasteiger partial charge in [-0.1, -0.05) is 13.0 Å². The zero-order valence-electron chi connectivity index (χ0n) is 10.3. The highest BCUT2D eigenvalue weighted by Crippen LogP contribution is 2.14. The van der Waals surface area contributed by atoms with Gasteiger partial charge in [0.2, 0.25) is 20.0 Å². The summed E-state index contributed by atoms with van der Waals surface area (Å²) in [6.07, 6.45) is -0.393. The van der Waals surface area contributed by atoms with Crippen molar-refractivity contribution in [3.8, 4) is 0 Å². The maximum absolute atomic E-state index is 11.9. The number of sulfonamides is 2. The predicted octanol–water partition coefficient (Wildman–Crippen LogP) is -0.617. The van der Waals surface area contributed by atoms with Gasteiger partial charge in [0.05, 0.1) is 15.9 Å². The molecular weight excluding hydrogens is 292 g/mol. The first-order valence-corrected chi connectivity index (χ1v) is 8.50. The zero-order valence-corrected chi connectivity index (χ0v) is 11.9. The third kappa shape index (κ3) is 4.55. The number of hydrogen-bond donors (Lipinski definition) is 3. The highest BCUT2D eigenvalue weighted by atomic mass is 32.2. The van der Waals surface area contributed by atoms with Gasteiger partial charge in [-0.25, -0.2) is 26.7 Å². The van der Waals surface area contributed by atoms with Crippen molar-refractivity contribution in [1.29, 1.82) is 0 Å². The van der Waals surface area contributed by atoms with Crippen molar-refractivity contribution in [3.05, 3.63) is 24.3 Å². The molecule has 0 saturated heterocycles. The Balaban J connectivity index is 3.03. The summed E-state index contributed by atoms with van der Waals surface area (Å²) in [5.41, 5.74) is 0. The summed E-state index contributed by atoms with van der Waals surface area (Å²) in [7, 11) is -7.84. The second-order valence-corrected chi connectivity index (χ2v) is 7.26. The standard InChI is InChI=1S/C10H16N2O5S2/c1-2-8(13)7-12-19(16,17)10-5-3-4-9(6-10)18(11,14)15/h3-6,8,12-13H,2,7H2,1H3,(H2,11,14,15). The average molecular weight is 308 g/mol. The van der Waals surface area contributed by atoms with E-state index < -0.39 is 26.2 Å². The van der Waals surface area contributed by atoms with E-state index in [1.165, 1.54) is 18.2 Å². The molecule has 9 heteroatoms. The zero-order chi connectivity index (χ0) is 14.7. The van der Waals surface area contributed by atoms with Crippen molar-refractivity contribution >= 4 is 20.0 Å². The number of primary sulfonamides is 1. The molecule has 0 radical (unpaired) electrons. The predicted molar refractivity (Wildman–Crippen MR) is 69.3 cm³/mol. The van der Waals surface area contributed by atoms with Crippen LogP contribution in [0.25, 0.3) is 0 Å². The van der Waals surface area contributed by atoms with Gasteiger partial charge in [0, 0.05) is 6.54 Å². The van der Waals surface area contributed by atoms with Crippen LogP contribution in [0.15, 0.2) is 34.1 Å². The lowest BCUT2D eigenvalue weighted by atomic mass is 10.3. The first-order chi connectivity index (χ1) is 8.66. The van der Waals surface area contributed by atoms with E-state index >= 15 is 0 Å². The molecule has 1 unspecified atom stereocenters. The number of aliphatic hydroxyl groups excluding tert-OH is 1. The molecule has 7 nitrogen and oxygen atoms in total. The molecule has 1 aromatic carbocycles. The van der Waals surface area contributed by atoms with Crippen LogP contribution in [0.3, 0.4) is 0 Å². The molecule has 1 atom stereocenters. The molecule has 0 fully saturated rings. The monoisotopic (exact) mass is 308 g/mol. The van der Waals surface area contributed by atoms with E-state index in [1.807, 2.05) is 0 Å². The van der Waals surface area contributed by atoms with Crippen molar-refractivity contribution in [1.82, 2.24) is 4.72 Å². The maximum Gasteiger partial charge on any atom is 0.240 e. The smallest absolute Gasteiger partial charge is 0.240 e. The van der Waals surface area contributed by atoms with E-state index in [4.69, 9.17) is 5.14 Å². The van der Waals surface area contributed by atoms with Gasteiger partial charge in [-0.3, -0.25) is 0 Å². The molecule has 4 N–H and O–H groups in total. The van der Waals surface area contributed by atoms with Gasteiger partial charge in [-0.2, -0.15) is 0 Å². The number of hydrogen-bond acceptors (Lipinski definition) is 5. The summed E-state index contributed by atoms with van der Waals surface area (Å²) in [6, 6.07) is 4.70. The molecule has 19 heavy (non-hydrogen) atoms. The van der Waals surface area contributed by atoms with Gasteiger partial charge in [0.15, 0.2) is 0 Å². The quantitative estimate of drug-likeness (QED) is 0.645. The Bertz CT molecular complexity index is 640. The number of benzene rings is 1. The van der Waals surface area contributed by atoms with Gasteiger partial charge in [-0.15, -0.1) is 0 Å². The first-order valence-electron chi connectivity index (χ1n) is 5.47. The van der Waals surface area contributed by atoms with E-state index in [1.54, 1.807) is 6.92 Å². The van der Waals surface area contributed by atoms with Crippen molar-refractivity contribution in [2.75, 3.05) is 6.54 Å². The van der Waals surface area contributed by atoms with Crippen LogP contribution in [-0.4, -0.2) is 34.6 Å². The molecule has 0 aliphatic heterocycles. The van der Waals surface area contributed by atoms with Gasteiger partial charge >= 0.3 is 0 Å². The molecular formula is C10H16N2O5S2. The minimum absolute atomic E-state index is 0.140. The molecule has 0 aliphatic rings. The van der Waals surface area contributed by atoms with Crippen LogP contribution in [-0.2, 0) is 20.0 Å². The van der Waals surface area contributed by atoms with Gasteiger partial charge in [0.1, 0.15) is 0 Å². The van der Waals surface area contributed by atoms with E-state index in [-0.39, 0.29) is 16.3 Å². The number of aliphatic hydroxyl groups is 1. The minimum Gasteiger partial charge on any atom is -0.392 e. The lowest BCUT2D eigenvalue weighted by Gasteiger charge is -2.10. The van der Waals surface area contributed by atoms with Crippen LogP contribution in [0.1, 0.15) is 13.3 Å². The summed E-state index contributed by atoms with van der Waals surface area (Å²) in [6.45, 7) is 1.57. The largest absolute Gasteiger partial charge is 0.392 e. The summed E-state index contributed by atoms with van der Waals surface area (Å²) in [5, 5.41) is 14.2. The van der Waals surface area contributed by atoms with Gasteiger partial charge in [-0.05, 0) is 24.6 Å². The molecule has 0 heterocycles. The van der Waals surface area contributed by atoms with Crippen molar-refractivity contribution in [2.45, 2.75) is 29.2 Å². The van der Waals surface area contributed by atoms with E-state index in [0.29, 0.717) is 6.42 Å². The number of nitrogens with two attached hydrogens (primary N) is 1. The molecule has 0 amide bonds. The molecule has 108 valence electrons. The average Bonchev–Trinajstić information content (AvgIpc) is 2.35. The molecule has 0 saturated carbocycles. The molecule has 0 bridgehead atoms. The normalized spacial score (nSPS) is 14.3. The van der Waals surface area contributed by atoms with Crippen molar-refractivity contribution in [3.63, 3.8) is 0 Å². The SMILES string of the molecule is CCC(O)CNS(=O)(=O)c1cccc(S(N)(=O)=O)c1. The summed E-state index contributed by atoms with van der Waals surface area (Å²) >= 11 is 0. The first kappa shape index (κ1) is 16.1. The Labute approximate surface area is 112 Å². The lowest BCUT2D eigenvalue weighted by molar-refractivity contribution is 0.174. The second kappa shape index (κ2) is 5.97. The Morgan fingerprint density at radius 2 is 1.84 bits per heavy atom. The topological polar surface area (TPSA) is 127 Å². The minimum atomic E-state index is -3.96. The molecule has 1 aromatic rings. The fourth-order valence-corrected chi connectivity index (χ4v) is 3.00. The molecule has 0 aliphatic carbocycles. The molecule has 1 rings (SSSR count). The van der Waals surface area contributed by atoms with Gasteiger partial charge in [0.25, 0.3) is 0 Å². The second-order valence-electron chi connectivity index (χ2n) is 3.93. The fraction of sp³-hybridized carbons (Fsp3) is 0.400. The third-order valence-electron chi connectivity index (χ3n) is 2.42. The van der Waals surface area contributed by atoms with Gasteiger partial charge < -0.3 is 5.11 Å². The van der Waals surface area contributed by atoms with Crippen LogP contribution >= 0.6 is 0 Å². The van der Waals surface area contributed by atoms with E-state index in [0.717, 1.165) is 6.07 Å². The van der Waals surface area contributed by atoms with E-state index in [9.17, 15) is 21.9 Å². The summed E-state index contributed by atoms with van der Waals surface area (Å²) < 4.78 is 48.2. The Morgan fingerprint density at radius 1 is 1.26 bits per heavy atom. The van der Waals surface area contributed by atoms with Crippen LogP contribution in [0.5, 0.6) is 0 Å². The Kier molecular flexibility index (Phi) is 5.04.